The normalized spacial score (nSPS) is 12.2. The van der Waals surface area contributed by atoms with Gasteiger partial charge in [-0.2, -0.15) is 5.10 Å². The fourth-order valence-corrected chi connectivity index (χ4v) is 2.46. The Hall–Kier alpha value is -1.85. The molecule has 0 aliphatic rings. The van der Waals surface area contributed by atoms with Crippen LogP contribution in [0.1, 0.15) is 29.9 Å². The van der Waals surface area contributed by atoms with Crippen LogP contribution in [0.2, 0.25) is 5.02 Å². The molecule has 0 radical (unpaired) electrons. The van der Waals surface area contributed by atoms with E-state index in [4.69, 9.17) is 11.6 Å². The second kappa shape index (κ2) is 6.94. The molecule has 1 aromatic carbocycles. The van der Waals surface area contributed by atoms with Gasteiger partial charge in [-0.15, -0.1) is 0 Å². The summed E-state index contributed by atoms with van der Waals surface area (Å²) in [5, 5.41) is 9.95. The molecular weight excluding hydrogens is 300 g/mol. The molecule has 0 spiro atoms. The average molecular weight is 322 g/mol. The van der Waals surface area contributed by atoms with Crippen LogP contribution < -0.4 is 10.6 Å². The molecule has 0 aliphatic carbocycles. The Bertz CT molecular complexity index is 664. The van der Waals surface area contributed by atoms with Gasteiger partial charge in [-0.1, -0.05) is 23.7 Å². The van der Waals surface area contributed by atoms with E-state index >= 15 is 0 Å². The lowest BCUT2D eigenvalue weighted by atomic mass is 10.1. The van der Waals surface area contributed by atoms with E-state index in [-0.39, 0.29) is 11.9 Å². The van der Waals surface area contributed by atoms with Gasteiger partial charge in [0.15, 0.2) is 6.54 Å². The maximum Gasteiger partial charge on any atom is 0.279 e. The third-order valence-corrected chi connectivity index (χ3v) is 4.08. The summed E-state index contributed by atoms with van der Waals surface area (Å²) in [4.78, 5) is 12.1. The molecule has 2 rings (SSSR count). The lowest BCUT2D eigenvalue weighted by Gasteiger charge is -2.11. The predicted octanol–water partition coefficient (Wildman–Crippen LogP) is 1.95. The number of hydrogen-bond acceptors (Lipinski definition) is 2. The van der Waals surface area contributed by atoms with Gasteiger partial charge in [-0.25, -0.2) is 0 Å². The minimum absolute atomic E-state index is 0.0278. The molecule has 0 saturated heterocycles. The highest BCUT2D eigenvalue weighted by Crippen LogP contribution is 2.18. The fraction of sp³-hybridized carbons (Fsp3) is 0.375. The molecule has 0 fully saturated rings. The Morgan fingerprint density at radius 1 is 1.36 bits per heavy atom. The van der Waals surface area contributed by atoms with E-state index < -0.39 is 0 Å². The van der Waals surface area contributed by atoms with Crippen LogP contribution in [0.5, 0.6) is 0 Å². The van der Waals surface area contributed by atoms with Crippen LogP contribution in [0.15, 0.2) is 24.3 Å². The molecule has 6 heteroatoms. The van der Waals surface area contributed by atoms with E-state index in [1.807, 2.05) is 50.5 Å². The van der Waals surface area contributed by atoms with Crippen LogP contribution in [-0.2, 0) is 11.8 Å². The summed E-state index contributed by atoms with van der Waals surface area (Å²) in [5.74, 6) is -0.0278. The number of aryl methyl sites for hydroxylation is 2. The van der Waals surface area contributed by atoms with Crippen molar-refractivity contribution < 1.29 is 10.1 Å². The van der Waals surface area contributed by atoms with Gasteiger partial charge in [0.25, 0.3) is 5.91 Å². The molecule has 0 bridgehead atoms. The number of aromatic nitrogens is 2. The number of nitrogens with zero attached hydrogens (tertiary/aromatic N) is 2. The molecule has 1 amide bonds. The monoisotopic (exact) mass is 321 g/mol. The number of nitrogens with one attached hydrogen (secondary N) is 1. The summed E-state index contributed by atoms with van der Waals surface area (Å²) in [6.45, 7) is 6.26. The summed E-state index contributed by atoms with van der Waals surface area (Å²) in [5.41, 5.74) is 3.74. The number of nitrogens with two attached hydrogens (primary N) is 1. The fourth-order valence-electron chi connectivity index (χ4n) is 2.33. The van der Waals surface area contributed by atoms with Gasteiger partial charge < -0.3 is 10.6 Å². The van der Waals surface area contributed by atoms with Crippen molar-refractivity contribution in [3.05, 3.63) is 46.2 Å². The smallest absolute Gasteiger partial charge is 0.279 e. The molecule has 2 aromatic rings. The first-order valence-corrected chi connectivity index (χ1v) is 7.65. The number of benzene rings is 1. The third-order valence-electron chi connectivity index (χ3n) is 3.83. The predicted molar refractivity (Wildman–Crippen MR) is 88.0 cm³/mol. The molecule has 22 heavy (non-hydrogen) atoms. The summed E-state index contributed by atoms with van der Waals surface area (Å²) in [7, 11) is 1.87. The third kappa shape index (κ3) is 3.87. The van der Waals surface area contributed by atoms with E-state index in [9.17, 15) is 4.79 Å². The van der Waals surface area contributed by atoms with Gasteiger partial charge in [0.1, 0.15) is 6.04 Å². The van der Waals surface area contributed by atoms with Gasteiger partial charge in [-0.05, 0) is 32.9 Å². The average Bonchev–Trinajstić information content (AvgIpc) is 2.72. The number of amides is 1. The molecule has 0 aliphatic heterocycles. The lowest BCUT2D eigenvalue weighted by Crippen LogP contribution is -2.86. The topological polar surface area (TPSA) is 63.5 Å². The highest BCUT2D eigenvalue weighted by Gasteiger charge is 2.15. The van der Waals surface area contributed by atoms with Crippen molar-refractivity contribution in [1.29, 1.82) is 0 Å². The lowest BCUT2D eigenvalue weighted by molar-refractivity contribution is -0.682. The van der Waals surface area contributed by atoms with Gasteiger partial charge in [0, 0.05) is 17.6 Å². The molecule has 0 saturated carbocycles. The Kier molecular flexibility index (Phi) is 5.21. The number of hydrogen-bond donors (Lipinski definition) is 2. The highest BCUT2D eigenvalue weighted by molar-refractivity contribution is 6.30. The van der Waals surface area contributed by atoms with Crippen LogP contribution in [-0.4, -0.2) is 22.2 Å². The Labute approximate surface area is 135 Å². The van der Waals surface area contributed by atoms with Crippen LogP contribution in [0.3, 0.4) is 0 Å². The van der Waals surface area contributed by atoms with Crippen molar-refractivity contribution in [3.8, 4) is 0 Å². The zero-order chi connectivity index (χ0) is 16.3. The summed E-state index contributed by atoms with van der Waals surface area (Å²) >= 11 is 5.88. The Morgan fingerprint density at radius 2 is 2.00 bits per heavy atom. The first kappa shape index (κ1) is 16.5. The standard InChI is InChI=1S/C16H21ClN4O/c1-10(13-5-7-14(17)8-6-13)18-9-15(22)19-16-11(2)20-21(4)12(16)3/h5-8,10,18H,9H2,1-4H3,(H,19,22)/p+1/t10-/m1/s1. The molecule has 1 atom stereocenters. The van der Waals surface area contributed by atoms with E-state index in [2.05, 4.69) is 17.3 Å². The van der Waals surface area contributed by atoms with Crippen molar-refractivity contribution in [2.45, 2.75) is 26.8 Å². The van der Waals surface area contributed by atoms with Crippen LogP contribution in [0, 0.1) is 13.8 Å². The van der Waals surface area contributed by atoms with Gasteiger partial charge >= 0.3 is 0 Å². The van der Waals surface area contributed by atoms with Gasteiger partial charge in [-0.3, -0.25) is 9.48 Å². The first-order chi connectivity index (χ1) is 10.4. The number of rotatable bonds is 5. The molecule has 118 valence electrons. The van der Waals surface area contributed by atoms with Crippen LogP contribution in [0.25, 0.3) is 0 Å². The van der Waals surface area contributed by atoms with Crippen molar-refractivity contribution >= 4 is 23.2 Å². The number of halogens is 1. The molecular formula is C16H22ClN4O+. The van der Waals surface area contributed by atoms with Crippen LogP contribution in [0.4, 0.5) is 5.69 Å². The van der Waals surface area contributed by atoms with Crippen molar-refractivity contribution in [2.24, 2.45) is 7.05 Å². The quantitative estimate of drug-likeness (QED) is 0.884. The maximum atomic E-state index is 12.1. The van der Waals surface area contributed by atoms with E-state index in [1.165, 1.54) is 0 Å². The second-order valence-electron chi connectivity index (χ2n) is 5.50. The number of carbonyl (C=O) groups is 1. The van der Waals surface area contributed by atoms with E-state index in [0.717, 1.165) is 27.7 Å². The zero-order valence-corrected chi connectivity index (χ0v) is 14.1. The molecule has 5 nitrogen and oxygen atoms in total. The van der Waals surface area contributed by atoms with Crippen molar-refractivity contribution in [1.82, 2.24) is 9.78 Å². The first-order valence-electron chi connectivity index (χ1n) is 7.27. The number of anilines is 1. The largest absolute Gasteiger partial charge is 0.333 e. The number of carbonyl (C=O) groups excluding carboxylic acids is 1. The molecule has 0 unspecified atom stereocenters. The van der Waals surface area contributed by atoms with Crippen molar-refractivity contribution in [3.63, 3.8) is 0 Å². The summed E-state index contributed by atoms with van der Waals surface area (Å²) in [6, 6.07) is 7.89. The van der Waals surface area contributed by atoms with Crippen LogP contribution >= 0.6 is 11.6 Å². The maximum absolute atomic E-state index is 12.1. The van der Waals surface area contributed by atoms with E-state index in [0.29, 0.717) is 6.54 Å². The minimum atomic E-state index is -0.0278. The Morgan fingerprint density at radius 3 is 2.55 bits per heavy atom. The van der Waals surface area contributed by atoms with Gasteiger partial charge in [0.05, 0.1) is 17.1 Å². The summed E-state index contributed by atoms with van der Waals surface area (Å²) in [6.07, 6.45) is 0. The summed E-state index contributed by atoms with van der Waals surface area (Å²) < 4.78 is 1.77. The number of quaternary nitrogens is 1. The second-order valence-corrected chi connectivity index (χ2v) is 5.93. The minimum Gasteiger partial charge on any atom is -0.333 e. The zero-order valence-electron chi connectivity index (χ0n) is 13.4. The van der Waals surface area contributed by atoms with Crippen molar-refractivity contribution in [2.75, 3.05) is 11.9 Å². The van der Waals surface area contributed by atoms with E-state index in [1.54, 1.807) is 4.68 Å². The Balaban J connectivity index is 1.91. The van der Waals surface area contributed by atoms with Gasteiger partial charge in [0.2, 0.25) is 0 Å². The molecule has 3 N–H and O–H groups in total. The molecule has 1 heterocycles. The molecule has 1 aromatic heterocycles. The SMILES string of the molecule is Cc1nn(C)c(C)c1NC(=O)C[NH2+][C@H](C)c1ccc(Cl)cc1. The highest BCUT2D eigenvalue weighted by atomic mass is 35.5.